The normalized spacial score (nSPS) is 13.2. The molecule has 0 aliphatic heterocycles. The van der Waals surface area contributed by atoms with E-state index in [0.717, 1.165) is 16.6 Å². The number of benzene rings is 2. The fraction of sp³-hybridized carbons (Fsp3) is 0.333. The van der Waals surface area contributed by atoms with Gasteiger partial charge >= 0.3 is 0 Å². The third-order valence-corrected chi connectivity index (χ3v) is 7.47. The number of aryl methyl sites for hydroxylation is 3. The Balaban J connectivity index is 1.91. The number of hydrogen-bond donors (Lipinski definition) is 1. The van der Waals surface area contributed by atoms with Crippen LogP contribution in [0.1, 0.15) is 30.0 Å². The Hall–Kier alpha value is -1.63. The summed E-state index contributed by atoms with van der Waals surface area (Å²) in [7, 11) is -3.63. The van der Waals surface area contributed by atoms with E-state index in [0.29, 0.717) is 22.3 Å². The predicted molar refractivity (Wildman–Crippen MR) is 115 cm³/mol. The largest absolute Gasteiger partial charge is 0.346 e. The van der Waals surface area contributed by atoms with E-state index in [1.807, 2.05) is 45.0 Å². The van der Waals surface area contributed by atoms with E-state index in [4.69, 9.17) is 0 Å². The summed E-state index contributed by atoms with van der Waals surface area (Å²) in [5, 5.41) is 1.20. The molecule has 0 saturated heterocycles. The van der Waals surface area contributed by atoms with Crippen LogP contribution in [0.15, 0.2) is 52.0 Å². The second-order valence-corrected chi connectivity index (χ2v) is 9.61. The molecule has 144 valence electrons. The van der Waals surface area contributed by atoms with E-state index in [2.05, 4.69) is 50.5 Å². The van der Waals surface area contributed by atoms with Crippen LogP contribution >= 0.6 is 15.9 Å². The monoisotopic (exact) mass is 448 g/mol. The lowest BCUT2D eigenvalue weighted by molar-refractivity contribution is 0.491. The standard InChI is InChI=1S/C21H25BrN2O2S/c1-5-17(13-24-12-16(4)18-8-6-7-9-20(18)24)23-27(25,26)21-15(3)10-14(2)11-19(21)22/h6-12,17,23H,5,13H2,1-4H3/t17-/m0/s1. The van der Waals surface area contributed by atoms with E-state index in [1.54, 1.807) is 0 Å². The smallest absolute Gasteiger partial charge is 0.242 e. The van der Waals surface area contributed by atoms with Gasteiger partial charge in [-0.2, -0.15) is 0 Å². The Morgan fingerprint density at radius 1 is 1.11 bits per heavy atom. The Morgan fingerprint density at radius 2 is 1.81 bits per heavy atom. The average molecular weight is 449 g/mol. The van der Waals surface area contributed by atoms with Crippen molar-refractivity contribution >= 4 is 36.9 Å². The Kier molecular flexibility index (Phi) is 5.79. The highest BCUT2D eigenvalue weighted by Gasteiger charge is 2.24. The van der Waals surface area contributed by atoms with Gasteiger partial charge in [0.1, 0.15) is 0 Å². The maximum atomic E-state index is 13.1. The predicted octanol–water partition coefficient (Wildman–Crippen LogP) is 5.09. The molecule has 27 heavy (non-hydrogen) atoms. The lowest BCUT2D eigenvalue weighted by Gasteiger charge is -2.20. The van der Waals surface area contributed by atoms with E-state index < -0.39 is 10.0 Å². The molecular weight excluding hydrogens is 424 g/mol. The molecule has 0 bridgehead atoms. The maximum absolute atomic E-state index is 13.1. The van der Waals surface area contributed by atoms with Crippen molar-refractivity contribution < 1.29 is 8.42 Å². The zero-order chi connectivity index (χ0) is 19.8. The minimum absolute atomic E-state index is 0.196. The lowest BCUT2D eigenvalue weighted by atomic mass is 10.2. The average Bonchev–Trinajstić information content (AvgIpc) is 2.89. The summed E-state index contributed by atoms with van der Waals surface area (Å²) < 4.78 is 31.8. The highest BCUT2D eigenvalue weighted by atomic mass is 79.9. The number of hydrogen-bond acceptors (Lipinski definition) is 2. The molecule has 4 nitrogen and oxygen atoms in total. The van der Waals surface area contributed by atoms with E-state index in [-0.39, 0.29) is 6.04 Å². The molecule has 3 aromatic rings. The van der Waals surface area contributed by atoms with Crippen LogP contribution in [-0.2, 0) is 16.6 Å². The molecule has 1 atom stereocenters. The van der Waals surface area contributed by atoms with Crippen molar-refractivity contribution in [2.24, 2.45) is 0 Å². The first-order chi connectivity index (χ1) is 12.7. The van der Waals surface area contributed by atoms with Gasteiger partial charge in [-0.05, 0) is 71.9 Å². The Labute approximate surface area is 169 Å². The van der Waals surface area contributed by atoms with Gasteiger partial charge < -0.3 is 4.57 Å². The van der Waals surface area contributed by atoms with E-state index >= 15 is 0 Å². The molecule has 1 aromatic heterocycles. The third-order valence-electron chi connectivity index (χ3n) is 4.86. The molecular formula is C21H25BrN2O2S. The summed E-state index contributed by atoms with van der Waals surface area (Å²) in [5.41, 5.74) is 4.09. The molecule has 0 saturated carbocycles. The molecule has 1 heterocycles. The van der Waals surface area contributed by atoms with Gasteiger partial charge in [0.2, 0.25) is 10.0 Å². The van der Waals surface area contributed by atoms with Crippen molar-refractivity contribution in [3.05, 3.63) is 63.8 Å². The number of nitrogens with zero attached hydrogens (tertiary/aromatic N) is 1. The first-order valence-electron chi connectivity index (χ1n) is 9.06. The number of nitrogens with one attached hydrogen (secondary N) is 1. The van der Waals surface area contributed by atoms with Crippen LogP contribution in [0.2, 0.25) is 0 Å². The second-order valence-electron chi connectivity index (χ2n) is 7.10. The summed E-state index contributed by atoms with van der Waals surface area (Å²) in [6.45, 7) is 8.46. The molecule has 0 unspecified atom stereocenters. The molecule has 0 aliphatic rings. The first-order valence-corrected chi connectivity index (χ1v) is 11.3. The van der Waals surface area contributed by atoms with Crippen LogP contribution in [0.4, 0.5) is 0 Å². The number of aromatic nitrogens is 1. The molecule has 1 N–H and O–H groups in total. The summed E-state index contributed by atoms with van der Waals surface area (Å²) >= 11 is 3.42. The Morgan fingerprint density at radius 3 is 2.48 bits per heavy atom. The van der Waals surface area contributed by atoms with Crippen LogP contribution in [0.5, 0.6) is 0 Å². The zero-order valence-electron chi connectivity index (χ0n) is 16.1. The van der Waals surface area contributed by atoms with E-state index in [1.165, 1.54) is 10.9 Å². The van der Waals surface area contributed by atoms with Crippen molar-refractivity contribution in [3.8, 4) is 0 Å². The number of sulfonamides is 1. The third kappa shape index (κ3) is 4.13. The van der Waals surface area contributed by atoms with Crippen LogP contribution in [0.3, 0.4) is 0 Å². The summed E-state index contributed by atoms with van der Waals surface area (Å²) in [4.78, 5) is 0.320. The van der Waals surface area contributed by atoms with Crippen LogP contribution in [0.25, 0.3) is 10.9 Å². The highest BCUT2D eigenvalue weighted by Crippen LogP contribution is 2.28. The van der Waals surface area contributed by atoms with Gasteiger partial charge in [-0.25, -0.2) is 13.1 Å². The second kappa shape index (κ2) is 7.78. The maximum Gasteiger partial charge on any atom is 0.242 e. The Bertz CT molecular complexity index is 1060. The molecule has 0 radical (unpaired) electrons. The minimum atomic E-state index is -3.63. The lowest BCUT2D eigenvalue weighted by Crippen LogP contribution is -2.37. The van der Waals surface area contributed by atoms with Crippen molar-refractivity contribution in [1.29, 1.82) is 0 Å². The van der Waals surface area contributed by atoms with Gasteiger partial charge in [-0.1, -0.05) is 31.2 Å². The first kappa shape index (κ1) is 20.1. The van der Waals surface area contributed by atoms with Crippen molar-refractivity contribution in [2.75, 3.05) is 0 Å². The highest BCUT2D eigenvalue weighted by molar-refractivity contribution is 9.10. The van der Waals surface area contributed by atoms with E-state index in [9.17, 15) is 8.42 Å². The molecule has 0 spiro atoms. The molecule has 3 rings (SSSR count). The van der Waals surface area contributed by atoms with Crippen molar-refractivity contribution in [3.63, 3.8) is 0 Å². The summed E-state index contributed by atoms with van der Waals surface area (Å²) in [5.74, 6) is 0. The SMILES string of the molecule is CC[C@@H](Cn1cc(C)c2ccccc21)NS(=O)(=O)c1c(C)cc(C)cc1Br. The fourth-order valence-electron chi connectivity index (χ4n) is 3.59. The van der Waals surface area contributed by atoms with Gasteiger partial charge in [-0.3, -0.25) is 0 Å². The molecule has 2 aromatic carbocycles. The molecule has 0 fully saturated rings. The number of halogens is 1. The van der Waals surface area contributed by atoms with Crippen LogP contribution in [0, 0.1) is 20.8 Å². The summed E-state index contributed by atoms with van der Waals surface area (Å²) in [6.07, 6.45) is 2.79. The molecule has 6 heteroatoms. The van der Waals surface area contributed by atoms with Crippen molar-refractivity contribution in [1.82, 2.24) is 9.29 Å². The fourth-order valence-corrected chi connectivity index (χ4v) is 6.50. The molecule has 0 aliphatic carbocycles. The van der Waals surface area contributed by atoms with Crippen LogP contribution < -0.4 is 4.72 Å². The van der Waals surface area contributed by atoms with Crippen LogP contribution in [-0.4, -0.2) is 19.0 Å². The number of rotatable bonds is 6. The van der Waals surface area contributed by atoms with Gasteiger partial charge in [-0.15, -0.1) is 0 Å². The number of fused-ring (bicyclic) bond motifs is 1. The van der Waals surface area contributed by atoms with Gasteiger partial charge in [0, 0.05) is 34.2 Å². The zero-order valence-corrected chi connectivity index (χ0v) is 18.5. The van der Waals surface area contributed by atoms with Gasteiger partial charge in [0.25, 0.3) is 0 Å². The minimum Gasteiger partial charge on any atom is -0.346 e. The topological polar surface area (TPSA) is 51.1 Å². The van der Waals surface area contributed by atoms with Gasteiger partial charge in [0.15, 0.2) is 0 Å². The summed E-state index contributed by atoms with van der Waals surface area (Å²) in [6, 6.07) is 11.7. The number of para-hydroxylation sites is 1. The van der Waals surface area contributed by atoms with Gasteiger partial charge in [0.05, 0.1) is 4.90 Å². The quantitative estimate of drug-likeness (QED) is 0.570. The van der Waals surface area contributed by atoms with Crippen molar-refractivity contribution in [2.45, 2.75) is 51.6 Å². The molecule has 0 amide bonds.